The lowest BCUT2D eigenvalue weighted by Crippen LogP contribution is -2.29. The molecule has 0 saturated carbocycles. The quantitative estimate of drug-likeness (QED) is 0.134. The van der Waals surface area contributed by atoms with Gasteiger partial charge in [0, 0.05) is 31.0 Å². The fourth-order valence-electron chi connectivity index (χ4n) is 4.59. The standard InChI is InChI=1S/C31H31F3N2O4/c1-4-5-6-19-40-25-17-9-21(10-18-25)28(37)26-27(20-7-13-23(14-8-20)35(2)3)36(30(39)29(26)38)24-15-11-22(12-16-24)31(32,33)34/h7-18,27,37H,4-6,19H2,1-3H3/b28-26+. The van der Waals surface area contributed by atoms with Crippen molar-refractivity contribution in [3.05, 3.63) is 95.1 Å². The first kappa shape index (κ1) is 28.7. The van der Waals surface area contributed by atoms with Gasteiger partial charge in [0.15, 0.2) is 0 Å². The molecule has 0 aromatic heterocycles. The van der Waals surface area contributed by atoms with Gasteiger partial charge >= 0.3 is 6.18 Å². The van der Waals surface area contributed by atoms with Crippen LogP contribution in [0.3, 0.4) is 0 Å². The van der Waals surface area contributed by atoms with Crippen molar-refractivity contribution in [2.75, 3.05) is 30.5 Å². The number of ketones is 1. The van der Waals surface area contributed by atoms with Gasteiger partial charge in [-0.05, 0) is 72.6 Å². The molecule has 1 amide bonds. The molecule has 0 bridgehead atoms. The molecule has 1 aliphatic heterocycles. The summed E-state index contributed by atoms with van der Waals surface area (Å²) in [4.78, 5) is 29.6. The zero-order chi connectivity index (χ0) is 29.0. The molecule has 40 heavy (non-hydrogen) atoms. The Morgan fingerprint density at radius 2 is 1.55 bits per heavy atom. The molecule has 6 nitrogen and oxygen atoms in total. The minimum absolute atomic E-state index is 0.103. The van der Waals surface area contributed by atoms with E-state index in [1.54, 1.807) is 48.5 Å². The molecule has 1 N–H and O–H groups in total. The van der Waals surface area contributed by atoms with Crippen LogP contribution in [0.1, 0.15) is 48.9 Å². The number of ether oxygens (including phenoxy) is 1. The van der Waals surface area contributed by atoms with Gasteiger partial charge in [-0.3, -0.25) is 14.5 Å². The fourth-order valence-corrected chi connectivity index (χ4v) is 4.59. The minimum atomic E-state index is -4.56. The van der Waals surface area contributed by atoms with Gasteiger partial charge in [0.05, 0.1) is 23.8 Å². The number of anilines is 2. The molecule has 0 radical (unpaired) electrons. The van der Waals surface area contributed by atoms with E-state index in [2.05, 4.69) is 6.92 Å². The van der Waals surface area contributed by atoms with Gasteiger partial charge in [0.25, 0.3) is 11.7 Å². The first-order chi connectivity index (χ1) is 19.0. The van der Waals surface area contributed by atoms with Crippen molar-refractivity contribution in [2.45, 2.75) is 38.4 Å². The number of benzene rings is 3. The molecule has 1 saturated heterocycles. The van der Waals surface area contributed by atoms with Gasteiger partial charge < -0.3 is 14.7 Å². The smallest absolute Gasteiger partial charge is 0.416 e. The highest BCUT2D eigenvalue weighted by atomic mass is 19.4. The van der Waals surface area contributed by atoms with Crippen molar-refractivity contribution in [1.29, 1.82) is 0 Å². The van der Waals surface area contributed by atoms with Crippen molar-refractivity contribution in [2.24, 2.45) is 0 Å². The van der Waals surface area contributed by atoms with Gasteiger partial charge in [-0.25, -0.2) is 0 Å². The molecule has 4 rings (SSSR count). The van der Waals surface area contributed by atoms with Crippen LogP contribution in [0.25, 0.3) is 5.76 Å². The molecule has 1 aliphatic rings. The summed E-state index contributed by atoms with van der Waals surface area (Å²) in [5.74, 6) is -1.65. The summed E-state index contributed by atoms with van der Waals surface area (Å²) in [7, 11) is 3.72. The van der Waals surface area contributed by atoms with Crippen LogP contribution >= 0.6 is 0 Å². The van der Waals surface area contributed by atoms with E-state index in [1.807, 2.05) is 19.0 Å². The average Bonchev–Trinajstić information content (AvgIpc) is 3.20. The van der Waals surface area contributed by atoms with E-state index < -0.39 is 29.5 Å². The molecular formula is C31H31F3N2O4. The molecule has 1 heterocycles. The molecule has 1 fully saturated rings. The molecule has 1 atom stereocenters. The Kier molecular flexibility index (Phi) is 8.52. The zero-order valence-corrected chi connectivity index (χ0v) is 22.5. The van der Waals surface area contributed by atoms with Crippen molar-refractivity contribution in [3.63, 3.8) is 0 Å². The maximum atomic E-state index is 13.3. The number of rotatable bonds is 9. The topological polar surface area (TPSA) is 70.1 Å². The number of carbonyl (C=O) groups excluding carboxylic acids is 2. The van der Waals surface area contributed by atoms with Crippen LogP contribution in [0.5, 0.6) is 5.75 Å². The fraction of sp³-hybridized carbons (Fsp3) is 0.290. The second-order valence-electron chi connectivity index (χ2n) is 9.78. The van der Waals surface area contributed by atoms with Crippen LogP contribution in [-0.2, 0) is 15.8 Å². The molecule has 0 aliphatic carbocycles. The van der Waals surface area contributed by atoms with Gasteiger partial charge in [0.1, 0.15) is 11.5 Å². The number of alkyl halides is 3. The van der Waals surface area contributed by atoms with E-state index in [0.29, 0.717) is 23.5 Å². The number of hydrogen-bond acceptors (Lipinski definition) is 5. The normalized spacial score (nSPS) is 16.9. The van der Waals surface area contributed by atoms with Crippen molar-refractivity contribution < 1.29 is 32.6 Å². The highest BCUT2D eigenvalue weighted by molar-refractivity contribution is 6.51. The van der Waals surface area contributed by atoms with Crippen molar-refractivity contribution >= 4 is 28.8 Å². The van der Waals surface area contributed by atoms with Crippen LogP contribution in [0.15, 0.2) is 78.4 Å². The average molecular weight is 553 g/mol. The van der Waals surface area contributed by atoms with Crippen LogP contribution in [0.2, 0.25) is 0 Å². The molecule has 1 unspecified atom stereocenters. The lowest BCUT2D eigenvalue weighted by molar-refractivity contribution is -0.137. The molecule has 3 aromatic carbocycles. The van der Waals surface area contributed by atoms with Crippen LogP contribution in [0.4, 0.5) is 24.5 Å². The highest BCUT2D eigenvalue weighted by Crippen LogP contribution is 2.43. The maximum absolute atomic E-state index is 13.3. The number of Topliss-reactive ketones (excluding diaryl/α,β-unsaturated/α-hetero) is 1. The number of carbonyl (C=O) groups is 2. The van der Waals surface area contributed by atoms with Gasteiger partial charge in [-0.15, -0.1) is 0 Å². The lowest BCUT2D eigenvalue weighted by Gasteiger charge is -2.26. The second-order valence-corrected chi connectivity index (χ2v) is 9.78. The predicted octanol–water partition coefficient (Wildman–Crippen LogP) is 6.97. The number of nitrogens with zero attached hydrogens (tertiary/aromatic N) is 2. The maximum Gasteiger partial charge on any atom is 0.416 e. The summed E-state index contributed by atoms with van der Waals surface area (Å²) in [6.07, 6.45) is -1.52. The van der Waals surface area contributed by atoms with Gasteiger partial charge in [-0.1, -0.05) is 31.9 Å². The third-order valence-electron chi connectivity index (χ3n) is 6.79. The Morgan fingerprint density at radius 1 is 0.925 bits per heavy atom. The number of hydrogen-bond donors (Lipinski definition) is 1. The van der Waals surface area contributed by atoms with Crippen LogP contribution < -0.4 is 14.5 Å². The molecular weight excluding hydrogens is 521 g/mol. The van der Waals surface area contributed by atoms with Crippen LogP contribution in [-0.4, -0.2) is 37.5 Å². The molecule has 3 aromatic rings. The molecule has 210 valence electrons. The third kappa shape index (κ3) is 5.98. The monoisotopic (exact) mass is 552 g/mol. The number of halogens is 3. The van der Waals surface area contributed by atoms with E-state index in [9.17, 15) is 27.9 Å². The summed E-state index contributed by atoms with van der Waals surface area (Å²) in [5, 5.41) is 11.3. The zero-order valence-electron chi connectivity index (χ0n) is 22.5. The van der Waals surface area contributed by atoms with Gasteiger partial charge in [0.2, 0.25) is 0 Å². The Labute approximate surface area is 231 Å². The largest absolute Gasteiger partial charge is 0.507 e. The van der Waals surface area contributed by atoms with E-state index in [-0.39, 0.29) is 17.0 Å². The summed E-state index contributed by atoms with van der Waals surface area (Å²) in [6, 6.07) is 16.6. The van der Waals surface area contributed by atoms with E-state index >= 15 is 0 Å². The summed E-state index contributed by atoms with van der Waals surface area (Å²) < 4.78 is 45.3. The number of unbranched alkanes of at least 4 members (excludes halogenated alkanes) is 2. The van der Waals surface area contributed by atoms with Gasteiger partial charge in [-0.2, -0.15) is 13.2 Å². The minimum Gasteiger partial charge on any atom is -0.507 e. The Hall–Kier alpha value is -4.27. The first-order valence-electron chi connectivity index (χ1n) is 13.0. The molecule has 0 spiro atoms. The number of amides is 1. The van der Waals surface area contributed by atoms with Crippen molar-refractivity contribution in [3.8, 4) is 5.75 Å². The Balaban J connectivity index is 1.77. The summed E-state index contributed by atoms with van der Waals surface area (Å²) in [5.41, 5.74) is 0.760. The lowest BCUT2D eigenvalue weighted by atomic mass is 9.94. The summed E-state index contributed by atoms with van der Waals surface area (Å²) in [6.45, 7) is 2.66. The molecule has 9 heteroatoms. The van der Waals surface area contributed by atoms with E-state index in [4.69, 9.17) is 4.74 Å². The third-order valence-corrected chi connectivity index (χ3v) is 6.79. The highest BCUT2D eigenvalue weighted by Gasteiger charge is 2.47. The summed E-state index contributed by atoms with van der Waals surface area (Å²) >= 11 is 0. The second kappa shape index (κ2) is 11.9. The van der Waals surface area contributed by atoms with E-state index in [0.717, 1.165) is 54.1 Å². The number of aliphatic hydroxyl groups is 1. The number of aliphatic hydroxyl groups excluding tert-OH is 1. The van der Waals surface area contributed by atoms with Crippen LogP contribution in [0, 0.1) is 0 Å². The Bertz CT molecular complexity index is 1380. The van der Waals surface area contributed by atoms with Crippen molar-refractivity contribution in [1.82, 2.24) is 0 Å². The first-order valence-corrected chi connectivity index (χ1v) is 13.0. The van der Waals surface area contributed by atoms with E-state index in [1.165, 1.54) is 0 Å². The SMILES string of the molecule is CCCCCOc1ccc(/C(O)=C2\C(=O)C(=O)N(c3ccc(C(F)(F)F)cc3)C2c2ccc(N(C)C)cc2)cc1. The Morgan fingerprint density at radius 3 is 2.10 bits per heavy atom. The predicted molar refractivity (Wildman–Crippen MR) is 148 cm³/mol.